The molecule has 110 valence electrons. The number of esters is 1. The minimum Gasteiger partial charge on any atom is -0.487 e. The van der Waals surface area contributed by atoms with Crippen molar-refractivity contribution in [3.63, 3.8) is 0 Å². The van der Waals surface area contributed by atoms with Crippen molar-refractivity contribution in [2.45, 2.75) is 13.0 Å². The fraction of sp³-hybridized carbons (Fsp3) is 0.188. The highest BCUT2D eigenvalue weighted by molar-refractivity contribution is 9.10. The van der Waals surface area contributed by atoms with Crippen molar-refractivity contribution in [3.8, 4) is 5.75 Å². The van der Waals surface area contributed by atoms with E-state index in [-0.39, 0.29) is 12.4 Å². The van der Waals surface area contributed by atoms with E-state index in [0.717, 1.165) is 15.6 Å². The van der Waals surface area contributed by atoms with Crippen LogP contribution >= 0.6 is 27.5 Å². The van der Waals surface area contributed by atoms with E-state index in [1.54, 1.807) is 6.07 Å². The molecule has 0 atom stereocenters. The van der Waals surface area contributed by atoms with Gasteiger partial charge in [-0.1, -0.05) is 51.8 Å². The van der Waals surface area contributed by atoms with Gasteiger partial charge in [0.2, 0.25) is 0 Å². The van der Waals surface area contributed by atoms with E-state index < -0.39 is 0 Å². The van der Waals surface area contributed by atoms with E-state index in [2.05, 4.69) is 15.9 Å². The van der Waals surface area contributed by atoms with Gasteiger partial charge in [0.15, 0.2) is 0 Å². The van der Waals surface area contributed by atoms with Crippen LogP contribution in [0.3, 0.4) is 0 Å². The van der Waals surface area contributed by atoms with Crippen LogP contribution in [0.15, 0.2) is 46.9 Å². The van der Waals surface area contributed by atoms with Gasteiger partial charge in [-0.15, -0.1) is 0 Å². The van der Waals surface area contributed by atoms with Crippen LogP contribution < -0.4 is 4.74 Å². The standard InChI is InChI=1S/C16H14BrClO3/c1-20-16(19)8-11-4-2-3-5-12(11)10-21-15-9-13(17)6-7-14(15)18/h2-7,9H,8,10H2,1H3. The van der Waals surface area contributed by atoms with Crippen molar-refractivity contribution in [2.24, 2.45) is 0 Å². The average Bonchev–Trinajstić information content (AvgIpc) is 2.49. The maximum atomic E-state index is 11.4. The van der Waals surface area contributed by atoms with Gasteiger partial charge in [0.1, 0.15) is 12.4 Å². The lowest BCUT2D eigenvalue weighted by molar-refractivity contribution is -0.139. The summed E-state index contributed by atoms with van der Waals surface area (Å²) in [6.45, 7) is 0.337. The molecule has 0 fully saturated rings. The second-order valence-electron chi connectivity index (χ2n) is 4.39. The van der Waals surface area contributed by atoms with Crippen molar-refractivity contribution in [3.05, 3.63) is 63.1 Å². The number of carbonyl (C=O) groups is 1. The normalized spacial score (nSPS) is 10.2. The Bertz CT molecular complexity index is 643. The summed E-state index contributed by atoms with van der Waals surface area (Å²) in [6, 6.07) is 13.0. The van der Waals surface area contributed by atoms with Crippen LogP contribution in [-0.2, 0) is 22.6 Å². The first-order chi connectivity index (χ1) is 10.1. The Hall–Kier alpha value is -1.52. The van der Waals surface area contributed by atoms with E-state index in [9.17, 15) is 4.79 Å². The fourth-order valence-corrected chi connectivity index (χ4v) is 2.35. The first-order valence-corrected chi connectivity index (χ1v) is 7.48. The summed E-state index contributed by atoms with van der Waals surface area (Å²) in [4.78, 5) is 11.4. The number of hydrogen-bond donors (Lipinski definition) is 0. The Morgan fingerprint density at radius 1 is 1.19 bits per heavy atom. The molecule has 0 aliphatic heterocycles. The molecule has 0 spiro atoms. The van der Waals surface area contributed by atoms with Crippen LogP contribution in [0.2, 0.25) is 5.02 Å². The summed E-state index contributed by atoms with van der Waals surface area (Å²) in [7, 11) is 1.38. The van der Waals surface area contributed by atoms with Gasteiger partial charge in [0.05, 0.1) is 18.6 Å². The average molecular weight is 370 g/mol. The fourth-order valence-electron chi connectivity index (χ4n) is 1.84. The number of benzene rings is 2. The van der Waals surface area contributed by atoms with Crippen molar-refractivity contribution >= 4 is 33.5 Å². The Labute approximate surface area is 137 Å². The number of halogens is 2. The van der Waals surface area contributed by atoms with Gasteiger partial charge in [-0.05, 0) is 29.3 Å². The molecule has 0 saturated carbocycles. The molecule has 0 amide bonds. The van der Waals surface area contributed by atoms with Gasteiger partial charge in [0, 0.05) is 4.47 Å². The molecule has 2 rings (SSSR count). The molecule has 0 aliphatic carbocycles. The SMILES string of the molecule is COC(=O)Cc1ccccc1COc1cc(Br)ccc1Cl. The summed E-state index contributed by atoms with van der Waals surface area (Å²) in [5.74, 6) is 0.321. The molecule has 3 nitrogen and oxygen atoms in total. The smallest absolute Gasteiger partial charge is 0.309 e. The lowest BCUT2D eigenvalue weighted by Crippen LogP contribution is -2.08. The largest absolute Gasteiger partial charge is 0.487 e. The number of carbonyl (C=O) groups excluding carboxylic acids is 1. The highest BCUT2D eigenvalue weighted by atomic mass is 79.9. The van der Waals surface area contributed by atoms with Gasteiger partial charge in [-0.3, -0.25) is 4.79 Å². The third kappa shape index (κ3) is 4.48. The molecular formula is C16H14BrClO3. The van der Waals surface area contributed by atoms with Crippen LogP contribution in [0, 0.1) is 0 Å². The lowest BCUT2D eigenvalue weighted by atomic mass is 10.1. The minimum absolute atomic E-state index is 0.224. The second-order valence-corrected chi connectivity index (χ2v) is 5.71. The maximum Gasteiger partial charge on any atom is 0.309 e. The number of methoxy groups -OCH3 is 1. The summed E-state index contributed by atoms with van der Waals surface area (Å²) in [5, 5.41) is 0.545. The molecule has 21 heavy (non-hydrogen) atoms. The molecule has 0 radical (unpaired) electrons. The highest BCUT2D eigenvalue weighted by Crippen LogP contribution is 2.28. The highest BCUT2D eigenvalue weighted by Gasteiger charge is 2.09. The topological polar surface area (TPSA) is 35.5 Å². The maximum absolute atomic E-state index is 11.4. The number of hydrogen-bond acceptors (Lipinski definition) is 3. The quantitative estimate of drug-likeness (QED) is 0.733. The summed E-state index contributed by atoms with van der Waals surface area (Å²) in [5.41, 5.74) is 1.81. The summed E-state index contributed by atoms with van der Waals surface area (Å²) in [6.07, 6.45) is 0.224. The monoisotopic (exact) mass is 368 g/mol. The Morgan fingerprint density at radius 3 is 2.62 bits per heavy atom. The second kappa shape index (κ2) is 7.48. The minimum atomic E-state index is -0.275. The third-order valence-electron chi connectivity index (χ3n) is 2.96. The molecule has 0 bridgehead atoms. The molecule has 5 heteroatoms. The zero-order valence-electron chi connectivity index (χ0n) is 11.4. The lowest BCUT2D eigenvalue weighted by Gasteiger charge is -2.11. The van der Waals surface area contributed by atoms with E-state index >= 15 is 0 Å². The molecule has 0 aliphatic rings. The van der Waals surface area contributed by atoms with Gasteiger partial charge in [-0.2, -0.15) is 0 Å². The Morgan fingerprint density at radius 2 is 1.90 bits per heavy atom. The molecule has 0 saturated heterocycles. The van der Waals surface area contributed by atoms with Gasteiger partial charge in [-0.25, -0.2) is 0 Å². The van der Waals surface area contributed by atoms with Crippen LogP contribution in [0.4, 0.5) is 0 Å². The third-order valence-corrected chi connectivity index (χ3v) is 3.76. The Kier molecular flexibility index (Phi) is 5.65. The molecule has 0 N–H and O–H groups in total. The van der Waals surface area contributed by atoms with E-state index in [4.69, 9.17) is 21.1 Å². The molecular weight excluding hydrogens is 356 g/mol. The summed E-state index contributed by atoms with van der Waals surface area (Å²) < 4.78 is 11.3. The van der Waals surface area contributed by atoms with Gasteiger partial charge < -0.3 is 9.47 Å². The van der Waals surface area contributed by atoms with Crippen LogP contribution in [0.5, 0.6) is 5.75 Å². The predicted molar refractivity (Wildman–Crippen MR) is 85.6 cm³/mol. The van der Waals surface area contributed by atoms with E-state index in [1.165, 1.54) is 7.11 Å². The van der Waals surface area contributed by atoms with Gasteiger partial charge >= 0.3 is 5.97 Å². The van der Waals surface area contributed by atoms with Crippen LogP contribution in [0.1, 0.15) is 11.1 Å². The predicted octanol–water partition coefficient (Wildman–Crippen LogP) is 4.40. The summed E-state index contributed by atoms with van der Waals surface area (Å²) >= 11 is 9.47. The molecule has 0 aromatic heterocycles. The van der Waals surface area contributed by atoms with Crippen molar-refractivity contribution < 1.29 is 14.3 Å². The van der Waals surface area contributed by atoms with Crippen molar-refractivity contribution in [1.82, 2.24) is 0 Å². The first-order valence-electron chi connectivity index (χ1n) is 6.31. The zero-order valence-corrected chi connectivity index (χ0v) is 13.8. The van der Waals surface area contributed by atoms with Crippen molar-refractivity contribution in [1.29, 1.82) is 0 Å². The van der Waals surface area contributed by atoms with Crippen LogP contribution in [-0.4, -0.2) is 13.1 Å². The zero-order chi connectivity index (χ0) is 15.2. The number of rotatable bonds is 5. The molecule has 2 aromatic rings. The van der Waals surface area contributed by atoms with E-state index in [1.807, 2.05) is 36.4 Å². The first kappa shape index (κ1) is 15.9. The van der Waals surface area contributed by atoms with Crippen LogP contribution in [0.25, 0.3) is 0 Å². The van der Waals surface area contributed by atoms with Crippen molar-refractivity contribution in [2.75, 3.05) is 7.11 Å². The van der Waals surface area contributed by atoms with Gasteiger partial charge in [0.25, 0.3) is 0 Å². The molecule has 0 unspecified atom stereocenters. The molecule has 2 aromatic carbocycles. The molecule has 0 heterocycles. The Balaban J connectivity index is 2.13. The van der Waals surface area contributed by atoms with E-state index in [0.29, 0.717) is 17.4 Å². The number of ether oxygens (including phenoxy) is 2.